The maximum atomic E-state index is 11.1. The van der Waals surface area contributed by atoms with E-state index in [4.69, 9.17) is 26.4 Å². The molecule has 0 fully saturated rings. The topological polar surface area (TPSA) is 95.8 Å². The molecular formula is C19H19ClN4O3S. The van der Waals surface area contributed by atoms with Crippen LogP contribution in [0, 0.1) is 5.92 Å². The van der Waals surface area contributed by atoms with Gasteiger partial charge in [0.2, 0.25) is 0 Å². The molecule has 146 valence electrons. The van der Waals surface area contributed by atoms with E-state index in [-0.39, 0.29) is 5.92 Å². The van der Waals surface area contributed by atoms with E-state index in [0.717, 1.165) is 29.2 Å². The van der Waals surface area contributed by atoms with E-state index in [1.165, 1.54) is 11.8 Å². The molecule has 1 aromatic carbocycles. The second kappa shape index (κ2) is 7.52. The SMILES string of the molecule is C[C@]12N=C(NC(=O)O)SC[C@H]1CCOc1ccc(Nc3ncccc3Cl)cc12. The molecular weight excluding hydrogens is 400 g/mol. The summed E-state index contributed by atoms with van der Waals surface area (Å²) >= 11 is 7.64. The van der Waals surface area contributed by atoms with E-state index in [1.807, 2.05) is 25.1 Å². The number of hydrogen-bond acceptors (Lipinski definition) is 6. The molecule has 0 unspecified atom stereocenters. The third-order valence-corrected chi connectivity index (χ3v) is 6.37. The minimum atomic E-state index is -1.11. The highest BCUT2D eigenvalue weighted by atomic mass is 35.5. The van der Waals surface area contributed by atoms with Crippen LogP contribution in [0.1, 0.15) is 18.9 Å². The van der Waals surface area contributed by atoms with Crippen molar-refractivity contribution in [2.75, 3.05) is 17.7 Å². The van der Waals surface area contributed by atoms with Gasteiger partial charge < -0.3 is 15.2 Å². The molecule has 0 saturated carbocycles. The summed E-state index contributed by atoms with van der Waals surface area (Å²) in [5.74, 6) is 2.32. The third kappa shape index (κ3) is 3.62. The number of carbonyl (C=O) groups is 1. The Morgan fingerprint density at radius 2 is 2.29 bits per heavy atom. The molecule has 1 amide bonds. The maximum absolute atomic E-state index is 11.1. The number of amidine groups is 1. The molecule has 0 bridgehead atoms. The Hall–Kier alpha value is -2.45. The molecule has 4 rings (SSSR count). The number of hydrogen-bond donors (Lipinski definition) is 3. The van der Waals surface area contributed by atoms with Crippen LogP contribution < -0.4 is 15.4 Å². The number of anilines is 2. The molecule has 0 aliphatic carbocycles. The maximum Gasteiger partial charge on any atom is 0.410 e. The van der Waals surface area contributed by atoms with Crippen LogP contribution >= 0.6 is 23.4 Å². The normalized spacial score (nSPS) is 23.4. The van der Waals surface area contributed by atoms with Crippen molar-refractivity contribution in [2.45, 2.75) is 18.9 Å². The molecule has 1 aromatic heterocycles. The number of thioether (sulfide) groups is 1. The standard InChI is InChI=1S/C19H19ClN4O3S/c1-19-11(10-28-17(24-19)23-18(25)26)6-8-27-15-5-4-12(9-13(15)19)22-16-14(20)3-2-7-21-16/h2-5,7,9,11H,6,8,10H2,1H3,(H,21,22)(H,23,24)(H,25,26)/t11-,19+/m1/s1. The number of amides is 1. The summed E-state index contributed by atoms with van der Waals surface area (Å²) in [5.41, 5.74) is 1.13. The number of nitrogens with zero attached hydrogens (tertiary/aromatic N) is 2. The fourth-order valence-electron chi connectivity index (χ4n) is 3.53. The van der Waals surface area contributed by atoms with Gasteiger partial charge in [-0.25, -0.2) is 9.78 Å². The number of ether oxygens (including phenoxy) is 1. The van der Waals surface area contributed by atoms with Gasteiger partial charge in [-0.1, -0.05) is 23.4 Å². The largest absolute Gasteiger partial charge is 0.493 e. The number of aliphatic imine (C=N–C) groups is 1. The van der Waals surface area contributed by atoms with Crippen molar-refractivity contribution in [1.29, 1.82) is 0 Å². The average Bonchev–Trinajstić information content (AvgIpc) is 2.79. The van der Waals surface area contributed by atoms with E-state index in [2.05, 4.69) is 15.6 Å². The van der Waals surface area contributed by atoms with Gasteiger partial charge in [0.15, 0.2) is 5.17 Å². The van der Waals surface area contributed by atoms with Gasteiger partial charge in [0.1, 0.15) is 11.6 Å². The lowest BCUT2D eigenvalue weighted by molar-refractivity contribution is 0.200. The number of rotatable bonds is 2. The number of fused-ring (bicyclic) bond motifs is 3. The number of nitrogens with one attached hydrogen (secondary N) is 2. The van der Waals surface area contributed by atoms with Gasteiger partial charge in [0, 0.05) is 29.1 Å². The zero-order valence-electron chi connectivity index (χ0n) is 15.1. The summed E-state index contributed by atoms with van der Waals surface area (Å²) in [6, 6.07) is 9.34. The average molecular weight is 419 g/mol. The van der Waals surface area contributed by atoms with E-state index in [9.17, 15) is 4.79 Å². The minimum absolute atomic E-state index is 0.229. The zero-order chi connectivity index (χ0) is 19.7. The molecule has 3 N–H and O–H groups in total. The van der Waals surface area contributed by atoms with E-state index >= 15 is 0 Å². The van der Waals surface area contributed by atoms with E-state index < -0.39 is 11.6 Å². The van der Waals surface area contributed by atoms with Gasteiger partial charge in [0.25, 0.3) is 0 Å². The highest BCUT2D eigenvalue weighted by Gasteiger charge is 2.43. The molecule has 0 spiro atoms. The lowest BCUT2D eigenvalue weighted by Gasteiger charge is -2.37. The highest BCUT2D eigenvalue weighted by molar-refractivity contribution is 8.13. The first kappa shape index (κ1) is 18.9. The monoisotopic (exact) mass is 418 g/mol. The molecule has 2 aliphatic rings. The van der Waals surface area contributed by atoms with Crippen molar-refractivity contribution in [3.63, 3.8) is 0 Å². The third-order valence-electron chi connectivity index (χ3n) is 5.03. The summed E-state index contributed by atoms with van der Waals surface area (Å²) in [7, 11) is 0. The number of benzene rings is 1. The molecule has 2 aliphatic heterocycles. The Labute approximate surface area is 171 Å². The Morgan fingerprint density at radius 3 is 3.07 bits per heavy atom. The minimum Gasteiger partial charge on any atom is -0.493 e. The lowest BCUT2D eigenvalue weighted by atomic mass is 9.79. The quantitative estimate of drug-likeness (QED) is 0.666. The van der Waals surface area contributed by atoms with Crippen molar-refractivity contribution < 1.29 is 14.6 Å². The smallest absolute Gasteiger partial charge is 0.410 e. The predicted molar refractivity (Wildman–Crippen MR) is 111 cm³/mol. The Balaban J connectivity index is 1.75. The summed E-state index contributed by atoms with van der Waals surface area (Å²) in [4.78, 5) is 20.1. The van der Waals surface area contributed by atoms with Crippen LogP contribution in [0.25, 0.3) is 0 Å². The fraction of sp³-hybridized carbons (Fsp3) is 0.316. The molecule has 7 nitrogen and oxygen atoms in total. The van der Waals surface area contributed by atoms with Crippen molar-refractivity contribution in [1.82, 2.24) is 10.3 Å². The van der Waals surface area contributed by atoms with Crippen molar-refractivity contribution in [3.8, 4) is 5.75 Å². The van der Waals surface area contributed by atoms with Crippen LogP contribution in [-0.4, -0.2) is 33.7 Å². The summed E-state index contributed by atoms with van der Waals surface area (Å²) < 4.78 is 5.97. The van der Waals surface area contributed by atoms with Gasteiger partial charge in [-0.2, -0.15) is 0 Å². The van der Waals surface area contributed by atoms with E-state index in [0.29, 0.717) is 22.6 Å². The molecule has 28 heavy (non-hydrogen) atoms. The van der Waals surface area contributed by atoms with E-state index in [1.54, 1.807) is 18.3 Å². The summed E-state index contributed by atoms with van der Waals surface area (Å²) in [5, 5.41) is 15.6. The van der Waals surface area contributed by atoms with Crippen LogP contribution in [0.2, 0.25) is 5.02 Å². The summed E-state index contributed by atoms with van der Waals surface area (Å²) in [6.45, 7) is 2.63. The van der Waals surface area contributed by atoms with Gasteiger partial charge >= 0.3 is 6.09 Å². The van der Waals surface area contributed by atoms with Gasteiger partial charge in [-0.05, 0) is 43.7 Å². The predicted octanol–water partition coefficient (Wildman–Crippen LogP) is 4.46. The van der Waals surface area contributed by atoms with Crippen LogP contribution in [0.4, 0.5) is 16.3 Å². The summed E-state index contributed by atoms with van der Waals surface area (Å²) in [6.07, 6.45) is 1.40. The van der Waals surface area contributed by atoms with Gasteiger partial charge in [-0.15, -0.1) is 0 Å². The second-order valence-electron chi connectivity index (χ2n) is 6.81. The Kier molecular flexibility index (Phi) is 5.07. The first-order chi connectivity index (χ1) is 13.5. The number of halogens is 1. The molecule has 0 saturated heterocycles. The number of pyridine rings is 1. The van der Waals surface area contributed by atoms with Crippen LogP contribution in [0.15, 0.2) is 41.5 Å². The fourth-order valence-corrected chi connectivity index (χ4v) is 4.96. The zero-order valence-corrected chi connectivity index (χ0v) is 16.7. The van der Waals surface area contributed by atoms with Crippen LogP contribution in [0.3, 0.4) is 0 Å². The molecule has 2 atom stereocenters. The highest BCUT2D eigenvalue weighted by Crippen LogP contribution is 2.47. The molecule has 2 aromatic rings. The molecule has 0 radical (unpaired) electrons. The molecule has 3 heterocycles. The van der Waals surface area contributed by atoms with Gasteiger partial charge in [-0.3, -0.25) is 10.3 Å². The van der Waals surface area contributed by atoms with Crippen LogP contribution in [-0.2, 0) is 5.54 Å². The first-order valence-electron chi connectivity index (χ1n) is 8.83. The van der Waals surface area contributed by atoms with Crippen molar-refractivity contribution in [3.05, 3.63) is 47.1 Å². The van der Waals surface area contributed by atoms with Gasteiger partial charge in [0.05, 0.1) is 17.2 Å². The van der Waals surface area contributed by atoms with Crippen LogP contribution in [0.5, 0.6) is 5.75 Å². The first-order valence-corrected chi connectivity index (χ1v) is 10.2. The Bertz CT molecular complexity index is 955. The lowest BCUT2D eigenvalue weighted by Crippen LogP contribution is -2.40. The van der Waals surface area contributed by atoms with Crippen molar-refractivity contribution in [2.24, 2.45) is 10.9 Å². The Morgan fingerprint density at radius 1 is 1.43 bits per heavy atom. The second-order valence-corrected chi connectivity index (χ2v) is 8.23. The number of carboxylic acid groups (broad SMARTS) is 1. The molecule has 9 heteroatoms. The number of aromatic nitrogens is 1. The van der Waals surface area contributed by atoms with Crippen molar-refractivity contribution >= 4 is 46.1 Å².